The summed E-state index contributed by atoms with van der Waals surface area (Å²) in [6.07, 6.45) is -1.12. The van der Waals surface area contributed by atoms with Crippen LogP contribution in [-0.2, 0) is 16.1 Å². The Morgan fingerprint density at radius 3 is 2.60 bits per heavy atom. The molecule has 1 heterocycles. The van der Waals surface area contributed by atoms with Crippen molar-refractivity contribution >= 4 is 28.9 Å². The van der Waals surface area contributed by atoms with Crippen LogP contribution in [-0.4, -0.2) is 45.0 Å². The van der Waals surface area contributed by atoms with E-state index in [1.54, 1.807) is 36.7 Å². The summed E-state index contributed by atoms with van der Waals surface area (Å²) in [5.74, 6) is -1.38. The van der Waals surface area contributed by atoms with Crippen molar-refractivity contribution in [3.63, 3.8) is 0 Å². The number of nitrogens with zero attached hydrogens (tertiary/aromatic N) is 3. The van der Waals surface area contributed by atoms with E-state index in [1.807, 2.05) is 6.92 Å². The molecule has 0 spiro atoms. The first-order valence-electron chi connectivity index (χ1n) is 7.97. The highest BCUT2D eigenvalue weighted by molar-refractivity contribution is 5.99. The number of rotatable bonds is 5. The zero-order chi connectivity index (χ0) is 18.6. The second kappa shape index (κ2) is 7.73. The minimum absolute atomic E-state index is 0.117. The van der Waals surface area contributed by atoms with Crippen molar-refractivity contribution in [2.24, 2.45) is 0 Å². The van der Waals surface area contributed by atoms with Gasteiger partial charge in [-0.2, -0.15) is 0 Å². The number of esters is 1. The van der Waals surface area contributed by atoms with Gasteiger partial charge in [0, 0.05) is 12.6 Å². The molecule has 0 saturated heterocycles. The van der Waals surface area contributed by atoms with Gasteiger partial charge in [0.15, 0.2) is 6.10 Å². The van der Waals surface area contributed by atoms with Crippen molar-refractivity contribution in [2.75, 3.05) is 0 Å². The summed E-state index contributed by atoms with van der Waals surface area (Å²) in [5.41, 5.74) is 1.61. The predicted molar refractivity (Wildman–Crippen MR) is 89.9 cm³/mol. The van der Waals surface area contributed by atoms with Crippen LogP contribution in [0.25, 0.3) is 11.0 Å². The molecule has 0 fully saturated rings. The van der Waals surface area contributed by atoms with Gasteiger partial charge in [0.1, 0.15) is 5.52 Å². The van der Waals surface area contributed by atoms with Crippen LogP contribution in [0.5, 0.6) is 0 Å². The molecule has 0 saturated carbocycles. The quantitative estimate of drug-likeness (QED) is 0.786. The van der Waals surface area contributed by atoms with Crippen LogP contribution in [0.3, 0.4) is 0 Å². The van der Waals surface area contributed by atoms with Gasteiger partial charge in [-0.05, 0) is 45.9 Å². The van der Waals surface area contributed by atoms with E-state index >= 15 is 0 Å². The third kappa shape index (κ3) is 4.52. The lowest BCUT2D eigenvalue weighted by Crippen LogP contribution is -2.46. The summed E-state index contributed by atoms with van der Waals surface area (Å²) < 4.78 is 6.80. The highest BCUT2D eigenvalue weighted by Crippen LogP contribution is 2.14. The number of hydrogen-bond donors (Lipinski definition) is 2. The number of aryl methyl sites for hydroxylation is 1. The Hall–Kier alpha value is -2.97. The van der Waals surface area contributed by atoms with Gasteiger partial charge in [0.05, 0.1) is 11.1 Å². The van der Waals surface area contributed by atoms with Crippen molar-refractivity contribution in [2.45, 2.75) is 46.4 Å². The Morgan fingerprint density at radius 1 is 1.24 bits per heavy atom. The molecule has 0 aliphatic heterocycles. The molecular weight excluding hydrogens is 326 g/mol. The number of urea groups is 1. The summed E-state index contributed by atoms with van der Waals surface area (Å²) in [7, 11) is 0. The lowest BCUT2D eigenvalue weighted by Gasteiger charge is -2.14. The fourth-order valence-corrected chi connectivity index (χ4v) is 2.13. The molecule has 1 aromatic carbocycles. The molecule has 2 N–H and O–H groups in total. The highest BCUT2D eigenvalue weighted by Gasteiger charge is 2.21. The van der Waals surface area contributed by atoms with Gasteiger partial charge in [-0.1, -0.05) is 5.21 Å². The van der Waals surface area contributed by atoms with Crippen LogP contribution in [0.1, 0.15) is 38.1 Å². The van der Waals surface area contributed by atoms with Gasteiger partial charge in [0.25, 0.3) is 5.91 Å². The van der Waals surface area contributed by atoms with E-state index in [0.29, 0.717) is 12.1 Å². The number of carbonyl (C=O) groups is 3. The Kier molecular flexibility index (Phi) is 5.68. The normalized spacial score (nSPS) is 12.0. The van der Waals surface area contributed by atoms with E-state index in [4.69, 9.17) is 4.74 Å². The first kappa shape index (κ1) is 18.4. The fourth-order valence-electron chi connectivity index (χ4n) is 2.13. The van der Waals surface area contributed by atoms with Crippen LogP contribution in [0.4, 0.5) is 4.79 Å². The largest absolute Gasteiger partial charge is 0.449 e. The monoisotopic (exact) mass is 347 g/mol. The van der Waals surface area contributed by atoms with E-state index in [-0.39, 0.29) is 11.6 Å². The van der Waals surface area contributed by atoms with Crippen molar-refractivity contribution in [3.8, 4) is 0 Å². The topological polar surface area (TPSA) is 115 Å². The molecule has 3 amide bonds. The van der Waals surface area contributed by atoms with Gasteiger partial charge >= 0.3 is 12.0 Å². The first-order chi connectivity index (χ1) is 11.8. The molecular formula is C16H21N5O4. The number of fused-ring (bicyclic) bond motifs is 1. The second-order valence-electron chi connectivity index (χ2n) is 5.77. The highest BCUT2D eigenvalue weighted by atomic mass is 16.5. The minimum Gasteiger partial charge on any atom is -0.449 e. The summed E-state index contributed by atoms with van der Waals surface area (Å²) >= 11 is 0. The number of benzene rings is 1. The summed E-state index contributed by atoms with van der Waals surface area (Å²) in [6.45, 7) is 7.51. The molecule has 2 rings (SSSR count). The lowest BCUT2D eigenvalue weighted by atomic mass is 10.2. The average Bonchev–Trinajstić information content (AvgIpc) is 2.95. The maximum absolute atomic E-state index is 12.2. The number of ether oxygens (including phenoxy) is 1. The molecule has 9 heteroatoms. The van der Waals surface area contributed by atoms with E-state index in [1.165, 1.54) is 6.92 Å². The van der Waals surface area contributed by atoms with Gasteiger partial charge in [-0.15, -0.1) is 5.10 Å². The number of amides is 3. The van der Waals surface area contributed by atoms with Crippen LogP contribution in [0.2, 0.25) is 0 Å². The summed E-state index contributed by atoms with van der Waals surface area (Å²) in [6, 6.07) is 4.09. The third-order valence-corrected chi connectivity index (χ3v) is 3.36. The zero-order valence-corrected chi connectivity index (χ0v) is 14.6. The van der Waals surface area contributed by atoms with Crippen LogP contribution in [0, 0.1) is 0 Å². The summed E-state index contributed by atoms with van der Waals surface area (Å²) in [4.78, 5) is 35.6. The van der Waals surface area contributed by atoms with Crippen molar-refractivity contribution in [3.05, 3.63) is 23.8 Å². The van der Waals surface area contributed by atoms with Gasteiger partial charge in [-0.3, -0.25) is 10.1 Å². The molecule has 0 aliphatic carbocycles. The molecule has 1 atom stereocenters. The lowest BCUT2D eigenvalue weighted by molar-refractivity contribution is -0.127. The van der Waals surface area contributed by atoms with Gasteiger partial charge in [0.2, 0.25) is 0 Å². The molecule has 134 valence electrons. The van der Waals surface area contributed by atoms with Crippen LogP contribution in [0.15, 0.2) is 18.2 Å². The third-order valence-electron chi connectivity index (χ3n) is 3.36. The number of hydrogen-bond acceptors (Lipinski definition) is 6. The Bertz CT molecular complexity index is 799. The number of aromatic nitrogens is 3. The van der Waals surface area contributed by atoms with Crippen LogP contribution >= 0.6 is 0 Å². The standard InChI is InChI=1S/C16H21N5O4/c1-5-21-13-7-6-11(8-12(13)19-20-21)15(23)25-10(4)14(22)18-16(24)17-9(2)3/h6-10H,5H2,1-4H3,(H2,17,18,22,24)/t10-/m0/s1. The second-order valence-corrected chi connectivity index (χ2v) is 5.77. The summed E-state index contributed by atoms with van der Waals surface area (Å²) in [5, 5.41) is 12.6. The van der Waals surface area contributed by atoms with Gasteiger partial charge in [-0.25, -0.2) is 14.3 Å². The molecule has 2 aromatic rings. The van der Waals surface area contributed by atoms with Crippen molar-refractivity contribution < 1.29 is 19.1 Å². The molecule has 1 aromatic heterocycles. The molecule has 9 nitrogen and oxygen atoms in total. The predicted octanol–water partition coefficient (Wildman–Crippen LogP) is 1.23. The SMILES string of the molecule is CCn1nnc2cc(C(=O)O[C@@H](C)C(=O)NC(=O)NC(C)C)ccc21. The number of carbonyl (C=O) groups excluding carboxylic acids is 3. The molecule has 0 bridgehead atoms. The van der Waals surface area contributed by atoms with Crippen molar-refractivity contribution in [1.29, 1.82) is 0 Å². The van der Waals surface area contributed by atoms with E-state index in [2.05, 4.69) is 20.9 Å². The Morgan fingerprint density at radius 2 is 1.96 bits per heavy atom. The molecule has 0 unspecified atom stereocenters. The molecule has 25 heavy (non-hydrogen) atoms. The van der Waals surface area contributed by atoms with E-state index < -0.39 is 24.0 Å². The minimum atomic E-state index is -1.12. The first-order valence-corrected chi connectivity index (χ1v) is 7.97. The van der Waals surface area contributed by atoms with Crippen LogP contribution < -0.4 is 10.6 Å². The van der Waals surface area contributed by atoms with Gasteiger partial charge < -0.3 is 10.1 Å². The smallest absolute Gasteiger partial charge is 0.338 e. The average molecular weight is 347 g/mol. The Labute approximate surface area is 144 Å². The maximum atomic E-state index is 12.2. The van der Waals surface area contributed by atoms with Crippen molar-refractivity contribution in [1.82, 2.24) is 25.6 Å². The molecule has 0 radical (unpaired) electrons. The number of nitrogens with one attached hydrogen (secondary N) is 2. The fraction of sp³-hybridized carbons (Fsp3) is 0.438. The molecule has 0 aliphatic rings. The van der Waals surface area contributed by atoms with E-state index in [0.717, 1.165) is 5.52 Å². The number of imide groups is 1. The maximum Gasteiger partial charge on any atom is 0.338 e. The zero-order valence-electron chi connectivity index (χ0n) is 14.6. The van der Waals surface area contributed by atoms with E-state index in [9.17, 15) is 14.4 Å². The Balaban J connectivity index is 2.01.